The fraction of sp³-hybridized carbons (Fsp3) is 0.233. The molecule has 1 aromatic heterocycles. The third-order valence-corrected chi connectivity index (χ3v) is 6.07. The lowest BCUT2D eigenvalue weighted by atomic mass is 10.00. The molecule has 1 amide bonds. The summed E-state index contributed by atoms with van der Waals surface area (Å²) < 4.78 is 16.3. The van der Waals surface area contributed by atoms with E-state index in [1.165, 1.54) is 6.07 Å². The summed E-state index contributed by atoms with van der Waals surface area (Å²) in [6.07, 6.45) is 0.788. The van der Waals surface area contributed by atoms with E-state index in [0.717, 1.165) is 22.1 Å². The van der Waals surface area contributed by atoms with Crippen LogP contribution in [0.3, 0.4) is 0 Å². The molecule has 4 rings (SSSR count). The SMILES string of the molecule is CCC[C@@H](NC(=O)OCc1ccccc1)C(=O)Oc1ccc2c(C)c(Cc3ccccc3)c(=O)oc2c1. The molecule has 0 unspecified atom stereocenters. The Hall–Kier alpha value is -4.39. The number of benzene rings is 3. The quantitative estimate of drug-likeness (QED) is 0.181. The van der Waals surface area contributed by atoms with E-state index in [1.807, 2.05) is 74.5 Å². The van der Waals surface area contributed by atoms with Crippen molar-refractivity contribution in [1.29, 1.82) is 0 Å². The second kappa shape index (κ2) is 12.0. The van der Waals surface area contributed by atoms with Gasteiger partial charge in [0.15, 0.2) is 0 Å². The van der Waals surface area contributed by atoms with Crippen molar-refractivity contribution in [3.8, 4) is 5.75 Å². The van der Waals surface area contributed by atoms with Crippen LogP contribution < -0.4 is 15.7 Å². The molecule has 0 radical (unpaired) electrons. The van der Waals surface area contributed by atoms with E-state index >= 15 is 0 Å². The standard InChI is InChI=1S/C30H29NO6/c1-3-10-26(31-30(34)35-19-22-13-8-5-9-14-22)29(33)36-23-15-16-24-20(2)25(28(32)37-27(24)18-23)17-21-11-6-4-7-12-21/h4-9,11-16,18,26H,3,10,17,19H2,1-2H3,(H,31,34)/t26-/m1/s1. The molecule has 7 nitrogen and oxygen atoms in total. The molecule has 1 N–H and O–H groups in total. The van der Waals surface area contributed by atoms with Crippen LogP contribution in [0.25, 0.3) is 11.0 Å². The molecule has 190 valence electrons. The molecule has 0 spiro atoms. The van der Waals surface area contributed by atoms with E-state index in [-0.39, 0.29) is 12.4 Å². The van der Waals surface area contributed by atoms with Gasteiger partial charge in [-0.25, -0.2) is 14.4 Å². The number of carbonyl (C=O) groups excluding carboxylic acids is 2. The summed E-state index contributed by atoms with van der Waals surface area (Å²) in [5.74, 6) is -0.408. The van der Waals surface area contributed by atoms with Gasteiger partial charge in [-0.05, 0) is 42.2 Å². The molecular weight excluding hydrogens is 470 g/mol. The van der Waals surface area contributed by atoms with Gasteiger partial charge >= 0.3 is 17.7 Å². The Labute approximate surface area is 215 Å². The van der Waals surface area contributed by atoms with E-state index in [2.05, 4.69) is 5.32 Å². The van der Waals surface area contributed by atoms with Crippen LogP contribution in [0.5, 0.6) is 5.75 Å². The molecule has 0 fully saturated rings. The number of amides is 1. The number of carbonyl (C=O) groups is 2. The number of rotatable bonds is 9. The Morgan fingerprint density at radius 2 is 1.62 bits per heavy atom. The molecule has 0 aliphatic heterocycles. The first kappa shape index (κ1) is 25.7. The molecule has 7 heteroatoms. The van der Waals surface area contributed by atoms with Gasteiger partial charge in [0.05, 0.1) is 0 Å². The van der Waals surface area contributed by atoms with Crippen LogP contribution in [-0.4, -0.2) is 18.1 Å². The van der Waals surface area contributed by atoms with Gasteiger partial charge in [0, 0.05) is 23.4 Å². The van der Waals surface area contributed by atoms with Crippen LogP contribution in [0.1, 0.15) is 42.0 Å². The molecule has 1 heterocycles. The van der Waals surface area contributed by atoms with Crippen molar-refractivity contribution in [2.45, 2.75) is 45.8 Å². The maximum atomic E-state index is 12.9. The van der Waals surface area contributed by atoms with Gasteiger partial charge in [0.1, 0.15) is 24.0 Å². The first-order valence-corrected chi connectivity index (χ1v) is 12.2. The predicted molar refractivity (Wildman–Crippen MR) is 141 cm³/mol. The summed E-state index contributed by atoms with van der Waals surface area (Å²) in [6, 6.07) is 23.0. The molecule has 0 aliphatic carbocycles. The Kier molecular flexibility index (Phi) is 8.36. The monoisotopic (exact) mass is 499 g/mol. The fourth-order valence-corrected chi connectivity index (χ4v) is 4.07. The minimum atomic E-state index is -0.883. The van der Waals surface area contributed by atoms with Crippen LogP contribution in [0.4, 0.5) is 4.79 Å². The normalized spacial score (nSPS) is 11.6. The fourth-order valence-electron chi connectivity index (χ4n) is 4.07. The molecule has 3 aromatic carbocycles. The average molecular weight is 500 g/mol. The summed E-state index contributed by atoms with van der Waals surface area (Å²) in [5.41, 5.74) is 3.16. The highest BCUT2D eigenvalue weighted by Gasteiger charge is 2.23. The molecule has 0 saturated carbocycles. The van der Waals surface area contributed by atoms with Gasteiger partial charge in [-0.1, -0.05) is 74.0 Å². The highest BCUT2D eigenvalue weighted by Crippen LogP contribution is 2.25. The van der Waals surface area contributed by atoms with Crippen LogP contribution in [0.2, 0.25) is 0 Å². The zero-order chi connectivity index (χ0) is 26.2. The Morgan fingerprint density at radius 1 is 0.946 bits per heavy atom. The van der Waals surface area contributed by atoms with E-state index in [4.69, 9.17) is 13.9 Å². The number of alkyl carbamates (subject to hydrolysis) is 1. The summed E-state index contributed by atoms with van der Waals surface area (Å²) in [6.45, 7) is 3.87. The average Bonchev–Trinajstić information content (AvgIpc) is 2.90. The second-order valence-corrected chi connectivity index (χ2v) is 8.78. The minimum Gasteiger partial charge on any atom is -0.445 e. The molecule has 0 aliphatic rings. The van der Waals surface area contributed by atoms with Gasteiger partial charge in [0.25, 0.3) is 0 Å². The summed E-state index contributed by atoms with van der Waals surface area (Å²) >= 11 is 0. The van der Waals surface area contributed by atoms with Crippen molar-refractivity contribution in [3.05, 3.63) is 112 Å². The third-order valence-electron chi connectivity index (χ3n) is 6.07. The van der Waals surface area contributed by atoms with Gasteiger partial charge in [-0.2, -0.15) is 0 Å². The summed E-state index contributed by atoms with van der Waals surface area (Å²) in [5, 5.41) is 3.35. The number of aryl methyl sites for hydroxylation is 1. The largest absolute Gasteiger partial charge is 0.445 e. The number of esters is 1. The van der Waals surface area contributed by atoms with Gasteiger partial charge in [0.2, 0.25) is 0 Å². The molecule has 0 bridgehead atoms. The van der Waals surface area contributed by atoms with Crippen LogP contribution in [0.15, 0.2) is 88.1 Å². The predicted octanol–water partition coefficient (Wildman–Crippen LogP) is 5.69. The van der Waals surface area contributed by atoms with E-state index in [1.54, 1.807) is 12.1 Å². The number of ether oxygens (including phenoxy) is 2. The van der Waals surface area contributed by atoms with Crippen molar-refractivity contribution < 1.29 is 23.5 Å². The molecule has 0 saturated heterocycles. The highest BCUT2D eigenvalue weighted by atomic mass is 16.6. The van der Waals surface area contributed by atoms with E-state index in [9.17, 15) is 14.4 Å². The number of hydrogen-bond donors (Lipinski definition) is 1. The lowest BCUT2D eigenvalue weighted by Crippen LogP contribution is -2.43. The maximum Gasteiger partial charge on any atom is 0.408 e. The van der Waals surface area contributed by atoms with Crippen LogP contribution in [0, 0.1) is 6.92 Å². The van der Waals surface area contributed by atoms with Crippen molar-refractivity contribution >= 4 is 23.0 Å². The molecule has 4 aromatic rings. The molecule has 37 heavy (non-hydrogen) atoms. The highest BCUT2D eigenvalue weighted by molar-refractivity contribution is 5.86. The van der Waals surface area contributed by atoms with E-state index in [0.29, 0.717) is 30.4 Å². The van der Waals surface area contributed by atoms with Crippen molar-refractivity contribution in [1.82, 2.24) is 5.32 Å². The Balaban J connectivity index is 1.45. The molecule has 1 atom stereocenters. The number of hydrogen-bond acceptors (Lipinski definition) is 6. The zero-order valence-corrected chi connectivity index (χ0v) is 20.9. The number of fused-ring (bicyclic) bond motifs is 1. The lowest BCUT2D eigenvalue weighted by molar-refractivity contribution is -0.136. The maximum absolute atomic E-state index is 12.9. The first-order valence-electron chi connectivity index (χ1n) is 12.2. The smallest absolute Gasteiger partial charge is 0.408 e. The summed E-state index contributed by atoms with van der Waals surface area (Å²) in [7, 11) is 0. The molecular formula is C30H29NO6. The van der Waals surface area contributed by atoms with Gasteiger partial charge in [-0.3, -0.25) is 0 Å². The first-order chi connectivity index (χ1) is 17.9. The number of nitrogens with one attached hydrogen (secondary N) is 1. The van der Waals surface area contributed by atoms with Gasteiger partial charge in [-0.15, -0.1) is 0 Å². The van der Waals surface area contributed by atoms with Crippen LogP contribution in [-0.2, 0) is 22.6 Å². The summed E-state index contributed by atoms with van der Waals surface area (Å²) in [4.78, 5) is 37.9. The van der Waals surface area contributed by atoms with Crippen molar-refractivity contribution in [2.75, 3.05) is 0 Å². The van der Waals surface area contributed by atoms with Crippen molar-refractivity contribution in [3.63, 3.8) is 0 Å². The van der Waals surface area contributed by atoms with E-state index < -0.39 is 23.7 Å². The Bertz CT molecular complexity index is 1430. The Morgan fingerprint density at radius 3 is 2.30 bits per heavy atom. The third kappa shape index (κ3) is 6.64. The zero-order valence-electron chi connectivity index (χ0n) is 20.9. The van der Waals surface area contributed by atoms with Crippen molar-refractivity contribution in [2.24, 2.45) is 0 Å². The minimum absolute atomic E-state index is 0.0931. The second-order valence-electron chi connectivity index (χ2n) is 8.78. The lowest BCUT2D eigenvalue weighted by Gasteiger charge is -2.17. The van der Waals surface area contributed by atoms with Crippen LogP contribution >= 0.6 is 0 Å². The van der Waals surface area contributed by atoms with Gasteiger partial charge < -0.3 is 19.2 Å². The topological polar surface area (TPSA) is 94.8 Å².